The molecule has 70 valence electrons. The molecule has 1 aromatic rings. The fourth-order valence-corrected chi connectivity index (χ4v) is 1.46. The second kappa shape index (κ2) is 4.27. The molecule has 0 fully saturated rings. The number of benzene rings is 1. The van der Waals surface area contributed by atoms with E-state index >= 15 is 0 Å². The normalized spacial score (nSPS) is 11.8. The molecule has 0 heteroatoms. The molecule has 0 heterocycles. The van der Waals surface area contributed by atoms with Gasteiger partial charge >= 0.3 is 0 Å². The van der Waals surface area contributed by atoms with Gasteiger partial charge in [-0.1, -0.05) is 36.8 Å². The highest BCUT2D eigenvalue weighted by Gasteiger charge is 1.98. The van der Waals surface area contributed by atoms with Gasteiger partial charge < -0.3 is 0 Å². The average molecular weight is 174 g/mol. The van der Waals surface area contributed by atoms with Crippen LogP contribution < -0.4 is 0 Å². The van der Waals surface area contributed by atoms with Crippen molar-refractivity contribution in [1.82, 2.24) is 0 Å². The smallest absolute Gasteiger partial charge is 0.0225 e. The minimum Gasteiger partial charge on any atom is -0.0841 e. The van der Waals surface area contributed by atoms with Crippen LogP contribution in [0.15, 0.2) is 24.3 Å². The molecule has 0 nitrogen and oxygen atoms in total. The summed E-state index contributed by atoms with van der Waals surface area (Å²) in [4.78, 5) is 0. The molecule has 0 unspecified atom stereocenters. The summed E-state index contributed by atoms with van der Waals surface area (Å²) >= 11 is 0. The van der Waals surface area contributed by atoms with Crippen molar-refractivity contribution < 1.29 is 0 Å². The third-order valence-electron chi connectivity index (χ3n) is 2.43. The maximum atomic E-state index is 2.28. The van der Waals surface area contributed by atoms with Crippen molar-refractivity contribution >= 4 is 5.57 Å². The number of rotatable bonds is 2. The molecule has 0 aromatic heterocycles. The Bertz CT molecular complexity index is 319. The fraction of sp³-hybridized carbons (Fsp3) is 0.385. The molecule has 0 aliphatic heterocycles. The van der Waals surface area contributed by atoms with Crippen molar-refractivity contribution in [1.29, 1.82) is 0 Å². The van der Waals surface area contributed by atoms with Gasteiger partial charge in [0.15, 0.2) is 0 Å². The number of allylic oxidation sites excluding steroid dienone is 2. The second-order valence-corrected chi connectivity index (χ2v) is 3.53. The third kappa shape index (κ3) is 2.45. The Morgan fingerprint density at radius 2 is 2.00 bits per heavy atom. The molecule has 13 heavy (non-hydrogen) atoms. The molecule has 0 saturated heterocycles. The van der Waals surface area contributed by atoms with Crippen LogP contribution in [0.25, 0.3) is 5.57 Å². The van der Waals surface area contributed by atoms with Gasteiger partial charge in [0.2, 0.25) is 0 Å². The third-order valence-corrected chi connectivity index (χ3v) is 2.43. The quantitative estimate of drug-likeness (QED) is 0.636. The maximum absolute atomic E-state index is 2.28. The van der Waals surface area contributed by atoms with E-state index in [9.17, 15) is 0 Å². The van der Waals surface area contributed by atoms with E-state index in [-0.39, 0.29) is 0 Å². The molecule has 0 aliphatic rings. The second-order valence-electron chi connectivity index (χ2n) is 3.53. The highest BCUT2D eigenvalue weighted by Crippen LogP contribution is 2.17. The Balaban J connectivity index is 3.16. The first-order valence-corrected chi connectivity index (χ1v) is 4.91. The topological polar surface area (TPSA) is 0 Å². The van der Waals surface area contributed by atoms with E-state index in [1.807, 2.05) is 0 Å². The van der Waals surface area contributed by atoms with Gasteiger partial charge in [-0.05, 0) is 43.9 Å². The molecule has 0 aliphatic carbocycles. The van der Waals surface area contributed by atoms with Crippen LogP contribution in [0.4, 0.5) is 0 Å². The highest BCUT2D eigenvalue weighted by atomic mass is 14.0. The van der Waals surface area contributed by atoms with Crippen LogP contribution >= 0.6 is 0 Å². The van der Waals surface area contributed by atoms with E-state index < -0.39 is 0 Å². The lowest BCUT2D eigenvalue weighted by Gasteiger charge is -2.06. The number of hydrogen-bond acceptors (Lipinski definition) is 0. The van der Waals surface area contributed by atoms with E-state index in [4.69, 9.17) is 0 Å². The van der Waals surface area contributed by atoms with Gasteiger partial charge in [0.1, 0.15) is 0 Å². The largest absolute Gasteiger partial charge is 0.0841 e. The van der Waals surface area contributed by atoms with Crippen molar-refractivity contribution in [3.05, 3.63) is 41.0 Å². The van der Waals surface area contributed by atoms with Crippen molar-refractivity contribution in [3.63, 3.8) is 0 Å². The Morgan fingerprint density at radius 1 is 1.31 bits per heavy atom. The molecule has 0 spiro atoms. The Morgan fingerprint density at radius 3 is 2.54 bits per heavy atom. The van der Waals surface area contributed by atoms with Crippen molar-refractivity contribution in [2.24, 2.45) is 0 Å². The molecular weight excluding hydrogens is 156 g/mol. The van der Waals surface area contributed by atoms with Crippen LogP contribution in [-0.2, 0) is 6.42 Å². The summed E-state index contributed by atoms with van der Waals surface area (Å²) in [5, 5.41) is 0. The van der Waals surface area contributed by atoms with Crippen molar-refractivity contribution in [2.75, 3.05) is 0 Å². The van der Waals surface area contributed by atoms with E-state index in [0.29, 0.717) is 0 Å². The maximum Gasteiger partial charge on any atom is -0.0225 e. The van der Waals surface area contributed by atoms with Crippen molar-refractivity contribution in [2.45, 2.75) is 34.1 Å². The lowest BCUT2D eigenvalue weighted by atomic mass is 10.0. The first-order valence-electron chi connectivity index (χ1n) is 4.91. The zero-order valence-electron chi connectivity index (χ0n) is 9.02. The SMILES string of the molecule is CC=C(C)c1cc(C)cc(CC)c1. The predicted molar refractivity (Wildman–Crippen MR) is 59.9 cm³/mol. The summed E-state index contributed by atoms with van der Waals surface area (Å²) in [6.07, 6.45) is 3.28. The van der Waals surface area contributed by atoms with Crippen LogP contribution in [0.2, 0.25) is 0 Å². The number of hydrogen-bond donors (Lipinski definition) is 0. The van der Waals surface area contributed by atoms with Crippen LogP contribution in [-0.4, -0.2) is 0 Å². The first-order chi connectivity index (χ1) is 6.17. The minimum atomic E-state index is 1.12. The summed E-state index contributed by atoms with van der Waals surface area (Å²) in [6, 6.07) is 6.78. The van der Waals surface area contributed by atoms with Gasteiger partial charge in [-0.25, -0.2) is 0 Å². The van der Waals surface area contributed by atoms with Crippen LogP contribution in [0.1, 0.15) is 37.5 Å². The van der Waals surface area contributed by atoms with Gasteiger partial charge in [-0.2, -0.15) is 0 Å². The zero-order valence-corrected chi connectivity index (χ0v) is 9.02. The summed E-state index contributed by atoms with van der Waals surface area (Å²) in [6.45, 7) is 8.60. The zero-order chi connectivity index (χ0) is 9.84. The monoisotopic (exact) mass is 174 g/mol. The van der Waals surface area contributed by atoms with E-state index in [1.54, 1.807) is 0 Å². The van der Waals surface area contributed by atoms with E-state index in [0.717, 1.165) is 6.42 Å². The molecular formula is C13H18. The summed E-state index contributed by atoms with van der Waals surface area (Å²) in [5.41, 5.74) is 5.50. The Kier molecular flexibility index (Phi) is 3.30. The predicted octanol–water partition coefficient (Wildman–Crippen LogP) is 3.98. The average Bonchev–Trinajstić information content (AvgIpc) is 2.15. The van der Waals surface area contributed by atoms with Gasteiger partial charge in [0.05, 0.1) is 0 Å². The van der Waals surface area contributed by atoms with Gasteiger partial charge in [0.25, 0.3) is 0 Å². The molecule has 0 radical (unpaired) electrons. The standard InChI is InChI=1S/C13H18/c1-5-11(4)13-8-10(3)7-12(6-2)9-13/h5,7-9H,6H2,1-4H3. The summed E-state index contributed by atoms with van der Waals surface area (Å²) in [7, 11) is 0. The molecule has 1 aromatic carbocycles. The van der Waals surface area contributed by atoms with Crippen LogP contribution in [0.3, 0.4) is 0 Å². The molecule has 0 bridgehead atoms. The van der Waals surface area contributed by atoms with Crippen LogP contribution in [0.5, 0.6) is 0 Å². The van der Waals surface area contributed by atoms with Crippen LogP contribution in [0, 0.1) is 6.92 Å². The Labute approximate surface area is 81.3 Å². The Hall–Kier alpha value is -1.04. The van der Waals surface area contributed by atoms with Gasteiger partial charge in [-0.3, -0.25) is 0 Å². The van der Waals surface area contributed by atoms with Crippen molar-refractivity contribution in [3.8, 4) is 0 Å². The molecule has 1 rings (SSSR count). The number of aryl methyl sites for hydroxylation is 2. The van der Waals surface area contributed by atoms with E-state index in [1.165, 1.54) is 22.3 Å². The minimum absolute atomic E-state index is 1.12. The lowest BCUT2D eigenvalue weighted by molar-refractivity contribution is 1.13. The fourth-order valence-electron chi connectivity index (χ4n) is 1.46. The molecule has 0 atom stereocenters. The first kappa shape index (κ1) is 10.0. The summed E-state index contributed by atoms with van der Waals surface area (Å²) in [5.74, 6) is 0. The van der Waals surface area contributed by atoms with Gasteiger partial charge in [-0.15, -0.1) is 0 Å². The lowest BCUT2D eigenvalue weighted by Crippen LogP contribution is -1.87. The molecule has 0 saturated carbocycles. The highest BCUT2D eigenvalue weighted by molar-refractivity contribution is 5.64. The van der Waals surface area contributed by atoms with E-state index in [2.05, 4.69) is 52.0 Å². The molecule has 0 amide bonds. The van der Waals surface area contributed by atoms with Gasteiger partial charge in [0, 0.05) is 0 Å². The summed E-state index contributed by atoms with van der Waals surface area (Å²) < 4.78 is 0. The molecule has 0 N–H and O–H groups in total.